The minimum atomic E-state index is -1.53. The summed E-state index contributed by atoms with van der Waals surface area (Å²) in [5.41, 5.74) is 5.22. The molecular weight excluding hydrogens is 338 g/mol. The third kappa shape index (κ3) is 2.34. The number of anilines is 2. The van der Waals surface area contributed by atoms with Gasteiger partial charge in [0.2, 0.25) is 5.78 Å². The molecule has 3 aliphatic heterocycles. The predicted octanol–water partition coefficient (Wildman–Crippen LogP) is 3.53. The molecule has 2 aromatic rings. The molecule has 3 heterocycles. The third-order valence-electron chi connectivity index (χ3n) is 6.12. The van der Waals surface area contributed by atoms with Crippen molar-refractivity contribution in [1.29, 1.82) is 0 Å². The topological polar surface area (TPSA) is 64.9 Å². The molecule has 5 heteroatoms. The van der Waals surface area contributed by atoms with Crippen LogP contribution in [0.2, 0.25) is 0 Å². The number of carbonyl (C=O) groups is 1. The maximum absolute atomic E-state index is 13.1. The van der Waals surface area contributed by atoms with Crippen LogP contribution >= 0.6 is 0 Å². The van der Waals surface area contributed by atoms with Crippen LogP contribution in [-0.4, -0.2) is 35.4 Å². The minimum Gasteiger partial charge on any atom is -0.385 e. The number of Topliss-reactive ketones (excluding diaryl/α,β-unsaturated/α-hetero) is 1. The van der Waals surface area contributed by atoms with Crippen LogP contribution in [0.4, 0.5) is 17.1 Å². The molecule has 138 valence electrons. The van der Waals surface area contributed by atoms with Gasteiger partial charge < -0.3 is 15.3 Å². The van der Waals surface area contributed by atoms with Crippen LogP contribution in [0.1, 0.15) is 39.9 Å². The van der Waals surface area contributed by atoms with Gasteiger partial charge in [-0.05, 0) is 67.6 Å². The van der Waals surface area contributed by atoms with E-state index in [0.717, 1.165) is 41.9 Å². The molecule has 1 unspecified atom stereocenters. The monoisotopic (exact) mass is 361 g/mol. The van der Waals surface area contributed by atoms with Crippen LogP contribution in [0.15, 0.2) is 35.3 Å². The number of nitrogens with zero attached hydrogens (tertiary/aromatic N) is 2. The second-order valence-electron chi connectivity index (χ2n) is 7.85. The Morgan fingerprint density at radius 3 is 2.85 bits per heavy atom. The number of hydrogen-bond donors (Lipinski definition) is 2. The summed E-state index contributed by atoms with van der Waals surface area (Å²) >= 11 is 0. The summed E-state index contributed by atoms with van der Waals surface area (Å²) < 4.78 is 0. The standard InChI is InChI=1S/C22H23N3O2/c1-13-10-17-19(11-14(13)2)24-21-22(27,20(17)26)7-9-25(21)16-6-5-15-4-3-8-23-18(15)12-16/h5-6,10-12,23,27H,3-4,7-9H2,1-2H3. The number of amidine groups is 1. The first kappa shape index (κ1) is 16.5. The number of aliphatic hydroxyl groups is 1. The normalized spacial score (nSPS) is 23.3. The van der Waals surface area contributed by atoms with E-state index < -0.39 is 5.60 Å². The van der Waals surface area contributed by atoms with Gasteiger partial charge in [0.05, 0.1) is 5.69 Å². The first-order valence-corrected chi connectivity index (χ1v) is 9.59. The molecule has 0 saturated carbocycles. The number of hydrogen-bond acceptors (Lipinski definition) is 5. The maximum Gasteiger partial charge on any atom is 0.204 e. The van der Waals surface area contributed by atoms with Crippen LogP contribution in [0.3, 0.4) is 0 Å². The Balaban J connectivity index is 1.62. The molecule has 0 amide bonds. The first-order chi connectivity index (χ1) is 13.0. The van der Waals surface area contributed by atoms with Crippen LogP contribution in [0.25, 0.3) is 0 Å². The maximum atomic E-state index is 13.1. The summed E-state index contributed by atoms with van der Waals surface area (Å²) in [5, 5.41) is 14.7. The molecule has 0 bridgehead atoms. The smallest absolute Gasteiger partial charge is 0.204 e. The molecule has 27 heavy (non-hydrogen) atoms. The zero-order chi connectivity index (χ0) is 18.8. The van der Waals surface area contributed by atoms with Crippen molar-refractivity contribution in [2.24, 2.45) is 4.99 Å². The van der Waals surface area contributed by atoms with Gasteiger partial charge in [0, 0.05) is 36.4 Å². The number of benzene rings is 2. The first-order valence-electron chi connectivity index (χ1n) is 9.59. The zero-order valence-corrected chi connectivity index (χ0v) is 15.7. The molecule has 5 nitrogen and oxygen atoms in total. The Hall–Kier alpha value is -2.66. The van der Waals surface area contributed by atoms with Crippen molar-refractivity contribution in [3.05, 3.63) is 52.6 Å². The van der Waals surface area contributed by atoms with Crippen molar-refractivity contribution in [2.75, 3.05) is 23.3 Å². The fourth-order valence-corrected chi connectivity index (χ4v) is 4.36. The Morgan fingerprint density at radius 2 is 2.00 bits per heavy atom. The molecule has 0 aromatic heterocycles. The number of aryl methyl sites for hydroxylation is 3. The van der Waals surface area contributed by atoms with Crippen molar-refractivity contribution in [2.45, 2.75) is 38.7 Å². The van der Waals surface area contributed by atoms with Crippen molar-refractivity contribution in [3.8, 4) is 0 Å². The minimum absolute atomic E-state index is 0.232. The molecular formula is C22H23N3O2. The molecule has 2 aromatic carbocycles. The molecule has 3 aliphatic rings. The number of nitrogens with one attached hydrogen (secondary N) is 1. The summed E-state index contributed by atoms with van der Waals surface area (Å²) in [6.07, 6.45) is 2.59. The van der Waals surface area contributed by atoms with Crippen LogP contribution in [0, 0.1) is 13.8 Å². The fourth-order valence-electron chi connectivity index (χ4n) is 4.36. The molecule has 1 fully saturated rings. The van der Waals surface area contributed by atoms with Gasteiger partial charge in [-0.2, -0.15) is 0 Å². The molecule has 0 radical (unpaired) electrons. The van der Waals surface area contributed by atoms with E-state index in [1.54, 1.807) is 0 Å². The molecule has 0 spiro atoms. The Morgan fingerprint density at radius 1 is 1.19 bits per heavy atom. The van der Waals surface area contributed by atoms with E-state index in [1.807, 2.05) is 30.9 Å². The van der Waals surface area contributed by atoms with E-state index in [2.05, 4.69) is 23.5 Å². The highest BCUT2D eigenvalue weighted by atomic mass is 16.3. The molecule has 1 saturated heterocycles. The quantitative estimate of drug-likeness (QED) is 0.816. The average molecular weight is 361 g/mol. The molecule has 0 aliphatic carbocycles. The molecule has 1 atom stereocenters. The van der Waals surface area contributed by atoms with Crippen LogP contribution in [0.5, 0.6) is 0 Å². The summed E-state index contributed by atoms with van der Waals surface area (Å²) in [5.74, 6) is 0.225. The van der Waals surface area contributed by atoms with E-state index in [4.69, 9.17) is 4.99 Å². The van der Waals surface area contributed by atoms with Crippen molar-refractivity contribution >= 4 is 28.7 Å². The third-order valence-corrected chi connectivity index (χ3v) is 6.12. The summed E-state index contributed by atoms with van der Waals surface area (Å²) in [6, 6.07) is 10.1. The van der Waals surface area contributed by atoms with Gasteiger partial charge in [0.1, 0.15) is 5.84 Å². The van der Waals surface area contributed by atoms with Gasteiger partial charge in [0.15, 0.2) is 5.60 Å². The number of ketones is 1. The van der Waals surface area contributed by atoms with Gasteiger partial charge in [0.25, 0.3) is 0 Å². The number of fused-ring (bicyclic) bond motifs is 3. The zero-order valence-electron chi connectivity index (χ0n) is 15.7. The number of rotatable bonds is 1. The fraction of sp³-hybridized carbons (Fsp3) is 0.364. The van der Waals surface area contributed by atoms with Gasteiger partial charge in [-0.3, -0.25) is 4.79 Å². The average Bonchev–Trinajstić information content (AvgIpc) is 3.01. The van der Waals surface area contributed by atoms with E-state index in [0.29, 0.717) is 30.1 Å². The summed E-state index contributed by atoms with van der Waals surface area (Å²) in [4.78, 5) is 19.9. The summed E-state index contributed by atoms with van der Waals surface area (Å²) in [7, 11) is 0. The molecule has 5 rings (SSSR count). The Bertz CT molecular complexity index is 1010. The van der Waals surface area contributed by atoms with Gasteiger partial charge in [-0.1, -0.05) is 6.07 Å². The highest BCUT2D eigenvalue weighted by molar-refractivity contribution is 6.28. The second-order valence-corrected chi connectivity index (χ2v) is 7.85. The Kier molecular flexibility index (Phi) is 3.46. The van der Waals surface area contributed by atoms with Crippen molar-refractivity contribution < 1.29 is 9.90 Å². The van der Waals surface area contributed by atoms with E-state index in [1.165, 1.54) is 5.56 Å². The lowest BCUT2D eigenvalue weighted by atomic mass is 9.86. The highest BCUT2D eigenvalue weighted by Gasteiger charge is 2.52. The number of carbonyl (C=O) groups excluding carboxylic acids is 1. The van der Waals surface area contributed by atoms with Crippen molar-refractivity contribution in [1.82, 2.24) is 0 Å². The highest BCUT2D eigenvalue weighted by Crippen LogP contribution is 2.41. The van der Waals surface area contributed by atoms with Crippen LogP contribution < -0.4 is 10.2 Å². The van der Waals surface area contributed by atoms with E-state index >= 15 is 0 Å². The Labute approximate surface area is 158 Å². The SMILES string of the molecule is Cc1cc2c(cc1C)C(=O)C1(O)CCN(c3ccc4c(c3)NCCC4)C1=N2. The summed E-state index contributed by atoms with van der Waals surface area (Å²) in [6.45, 7) is 5.55. The second kappa shape index (κ2) is 5.67. The van der Waals surface area contributed by atoms with Crippen molar-refractivity contribution in [3.63, 3.8) is 0 Å². The largest absolute Gasteiger partial charge is 0.385 e. The lowest BCUT2D eigenvalue weighted by Gasteiger charge is -2.30. The lowest BCUT2D eigenvalue weighted by molar-refractivity contribution is 0.0602. The predicted molar refractivity (Wildman–Crippen MR) is 108 cm³/mol. The van der Waals surface area contributed by atoms with Gasteiger partial charge in [-0.15, -0.1) is 0 Å². The number of aliphatic imine (C=N–C) groups is 1. The van der Waals surface area contributed by atoms with Crippen LogP contribution in [-0.2, 0) is 6.42 Å². The van der Waals surface area contributed by atoms with E-state index in [9.17, 15) is 9.90 Å². The lowest BCUT2D eigenvalue weighted by Crippen LogP contribution is -2.48. The molecule has 2 N–H and O–H groups in total. The van der Waals surface area contributed by atoms with Gasteiger partial charge >= 0.3 is 0 Å². The van der Waals surface area contributed by atoms with E-state index in [-0.39, 0.29) is 5.78 Å². The van der Waals surface area contributed by atoms with Gasteiger partial charge in [-0.25, -0.2) is 4.99 Å².